The third kappa shape index (κ3) is 4.38. The standard InChI is InChI=1S/C8H18N2.CH4/c1-7(2)5-8-6-9-3-4-10-8;/h7-10H,3-6H2,1-2H3;1H4/t8-;/m0./s1. The van der Waals surface area contributed by atoms with Gasteiger partial charge in [0.05, 0.1) is 0 Å². The Morgan fingerprint density at radius 1 is 1.36 bits per heavy atom. The molecule has 1 fully saturated rings. The highest BCUT2D eigenvalue weighted by Crippen LogP contribution is 2.04. The van der Waals surface area contributed by atoms with Gasteiger partial charge < -0.3 is 10.6 Å². The SMILES string of the molecule is C.CC(C)C[C@H]1CNCCN1. The number of hydrogen-bond donors (Lipinski definition) is 2. The summed E-state index contributed by atoms with van der Waals surface area (Å²) < 4.78 is 0. The predicted molar refractivity (Wildman–Crippen MR) is 50.8 cm³/mol. The topological polar surface area (TPSA) is 24.1 Å². The molecule has 0 bridgehead atoms. The van der Waals surface area contributed by atoms with Crippen molar-refractivity contribution in [2.75, 3.05) is 19.6 Å². The molecule has 1 heterocycles. The van der Waals surface area contributed by atoms with E-state index in [1.807, 2.05) is 0 Å². The van der Waals surface area contributed by atoms with Gasteiger partial charge in [0.2, 0.25) is 0 Å². The number of rotatable bonds is 2. The normalized spacial score (nSPS) is 24.8. The summed E-state index contributed by atoms with van der Waals surface area (Å²) in [6.45, 7) is 7.97. The van der Waals surface area contributed by atoms with Crippen LogP contribution in [0.25, 0.3) is 0 Å². The maximum Gasteiger partial charge on any atom is 0.0195 e. The first-order valence-electron chi connectivity index (χ1n) is 4.23. The van der Waals surface area contributed by atoms with Gasteiger partial charge in [-0.3, -0.25) is 0 Å². The smallest absolute Gasteiger partial charge is 0.0195 e. The fraction of sp³-hybridized carbons (Fsp3) is 1.00. The lowest BCUT2D eigenvalue weighted by atomic mass is 10.0. The molecule has 0 radical (unpaired) electrons. The van der Waals surface area contributed by atoms with Gasteiger partial charge in [-0.15, -0.1) is 0 Å². The molecule has 0 aromatic heterocycles. The molecule has 11 heavy (non-hydrogen) atoms. The van der Waals surface area contributed by atoms with Gasteiger partial charge in [-0.25, -0.2) is 0 Å². The predicted octanol–water partition coefficient (Wildman–Crippen LogP) is 1.23. The zero-order chi connectivity index (χ0) is 7.40. The van der Waals surface area contributed by atoms with Crippen molar-refractivity contribution in [1.29, 1.82) is 0 Å². The third-order valence-electron chi connectivity index (χ3n) is 1.88. The van der Waals surface area contributed by atoms with E-state index in [0.717, 1.165) is 25.6 Å². The van der Waals surface area contributed by atoms with Crippen LogP contribution in [0.1, 0.15) is 27.7 Å². The zero-order valence-corrected chi connectivity index (χ0v) is 6.98. The molecule has 2 nitrogen and oxygen atoms in total. The number of hydrogen-bond acceptors (Lipinski definition) is 2. The molecule has 0 aromatic rings. The molecule has 1 aliphatic heterocycles. The van der Waals surface area contributed by atoms with E-state index < -0.39 is 0 Å². The van der Waals surface area contributed by atoms with Gasteiger partial charge in [-0.2, -0.15) is 0 Å². The summed E-state index contributed by atoms with van der Waals surface area (Å²) in [5, 5.41) is 6.87. The van der Waals surface area contributed by atoms with Gasteiger partial charge in [0, 0.05) is 25.7 Å². The molecular formula is C9H22N2. The summed E-state index contributed by atoms with van der Waals surface area (Å²) in [5.41, 5.74) is 0. The zero-order valence-electron chi connectivity index (χ0n) is 6.98. The van der Waals surface area contributed by atoms with Crippen LogP contribution >= 0.6 is 0 Å². The van der Waals surface area contributed by atoms with Crippen LogP contribution in [-0.4, -0.2) is 25.7 Å². The van der Waals surface area contributed by atoms with Crippen molar-refractivity contribution in [3.63, 3.8) is 0 Å². The quantitative estimate of drug-likeness (QED) is 0.631. The van der Waals surface area contributed by atoms with Gasteiger partial charge in [-0.1, -0.05) is 21.3 Å². The van der Waals surface area contributed by atoms with E-state index in [4.69, 9.17) is 0 Å². The average molecular weight is 158 g/mol. The Kier molecular flexibility index (Phi) is 5.51. The highest BCUT2D eigenvalue weighted by molar-refractivity contribution is 4.75. The Balaban J connectivity index is 0.000001000. The molecular weight excluding hydrogens is 136 g/mol. The van der Waals surface area contributed by atoms with Crippen LogP contribution in [0.2, 0.25) is 0 Å². The molecule has 0 saturated carbocycles. The van der Waals surface area contributed by atoms with E-state index in [1.165, 1.54) is 6.42 Å². The van der Waals surface area contributed by atoms with Crippen LogP contribution < -0.4 is 10.6 Å². The fourth-order valence-corrected chi connectivity index (χ4v) is 1.45. The highest BCUT2D eigenvalue weighted by atomic mass is 15.0. The van der Waals surface area contributed by atoms with Gasteiger partial charge in [0.1, 0.15) is 0 Å². The van der Waals surface area contributed by atoms with E-state index in [9.17, 15) is 0 Å². The third-order valence-corrected chi connectivity index (χ3v) is 1.88. The highest BCUT2D eigenvalue weighted by Gasteiger charge is 2.12. The molecule has 1 rings (SSSR count). The molecule has 0 aromatic carbocycles. The van der Waals surface area contributed by atoms with Crippen molar-refractivity contribution >= 4 is 0 Å². The Morgan fingerprint density at radius 3 is 2.55 bits per heavy atom. The molecule has 0 spiro atoms. The van der Waals surface area contributed by atoms with E-state index in [1.54, 1.807) is 0 Å². The van der Waals surface area contributed by atoms with Crippen LogP contribution in [0, 0.1) is 5.92 Å². The Hall–Kier alpha value is -0.0800. The maximum atomic E-state index is 3.49. The van der Waals surface area contributed by atoms with Crippen molar-refractivity contribution in [1.82, 2.24) is 10.6 Å². The molecule has 1 aliphatic rings. The van der Waals surface area contributed by atoms with Gasteiger partial charge >= 0.3 is 0 Å². The molecule has 1 atom stereocenters. The first-order chi connectivity index (χ1) is 4.79. The largest absolute Gasteiger partial charge is 0.314 e. The van der Waals surface area contributed by atoms with E-state index in [0.29, 0.717) is 6.04 Å². The summed E-state index contributed by atoms with van der Waals surface area (Å²) >= 11 is 0. The molecule has 2 N–H and O–H groups in total. The van der Waals surface area contributed by atoms with Gasteiger partial charge in [0.25, 0.3) is 0 Å². The van der Waals surface area contributed by atoms with E-state index >= 15 is 0 Å². The lowest BCUT2D eigenvalue weighted by molar-refractivity contribution is 0.362. The van der Waals surface area contributed by atoms with Crippen LogP contribution in [-0.2, 0) is 0 Å². The minimum atomic E-state index is 0. The fourth-order valence-electron chi connectivity index (χ4n) is 1.45. The van der Waals surface area contributed by atoms with Crippen molar-refractivity contribution in [2.45, 2.75) is 33.7 Å². The molecule has 0 amide bonds. The van der Waals surface area contributed by atoms with Crippen LogP contribution in [0.15, 0.2) is 0 Å². The molecule has 0 aliphatic carbocycles. The van der Waals surface area contributed by atoms with Crippen LogP contribution in [0.4, 0.5) is 0 Å². The molecule has 2 heteroatoms. The second-order valence-corrected chi connectivity index (χ2v) is 3.48. The Morgan fingerprint density at radius 2 is 2.09 bits per heavy atom. The minimum absolute atomic E-state index is 0. The van der Waals surface area contributed by atoms with Gasteiger partial charge in [-0.05, 0) is 12.3 Å². The lowest BCUT2D eigenvalue weighted by Gasteiger charge is -2.25. The average Bonchev–Trinajstić information content (AvgIpc) is 1.88. The summed E-state index contributed by atoms with van der Waals surface area (Å²) in [4.78, 5) is 0. The monoisotopic (exact) mass is 158 g/mol. The summed E-state index contributed by atoms with van der Waals surface area (Å²) in [7, 11) is 0. The lowest BCUT2D eigenvalue weighted by Crippen LogP contribution is -2.48. The first-order valence-corrected chi connectivity index (χ1v) is 4.23. The first kappa shape index (κ1) is 10.9. The van der Waals surface area contributed by atoms with Gasteiger partial charge in [0.15, 0.2) is 0 Å². The number of nitrogens with one attached hydrogen (secondary N) is 2. The minimum Gasteiger partial charge on any atom is -0.314 e. The summed E-state index contributed by atoms with van der Waals surface area (Å²) in [6, 6.07) is 0.716. The Bertz CT molecular complexity index is 85.6. The second-order valence-electron chi connectivity index (χ2n) is 3.48. The van der Waals surface area contributed by atoms with Crippen LogP contribution in [0.3, 0.4) is 0 Å². The molecule has 68 valence electrons. The summed E-state index contributed by atoms with van der Waals surface area (Å²) in [6.07, 6.45) is 1.30. The summed E-state index contributed by atoms with van der Waals surface area (Å²) in [5.74, 6) is 0.817. The second kappa shape index (κ2) is 5.56. The van der Waals surface area contributed by atoms with Crippen molar-refractivity contribution in [3.8, 4) is 0 Å². The van der Waals surface area contributed by atoms with Crippen molar-refractivity contribution in [2.24, 2.45) is 5.92 Å². The van der Waals surface area contributed by atoms with E-state index in [-0.39, 0.29) is 7.43 Å². The number of piperazine rings is 1. The van der Waals surface area contributed by atoms with E-state index in [2.05, 4.69) is 24.5 Å². The van der Waals surface area contributed by atoms with Crippen molar-refractivity contribution in [3.05, 3.63) is 0 Å². The van der Waals surface area contributed by atoms with Crippen molar-refractivity contribution < 1.29 is 0 Å². The molecule has 0 unspecified atom stereocenters. The molecule has 1 saturated heterocycles. The van der Waals surface area contributed by atoms with Crippen LogP contribution in [0.5, 0.6) is 0 Å². The Labute approximate surface area is 70.8 Å². The maximum absolute atomic E-state index is 3.49.